The van der Waals surface area contributed by atoms with Crippen molar-refractivity contribution in [3.05, 3.63) is 0 Å². The minimum Gasteiger partial charge on any atom is -0.384 e. The van der Waals surface area contributed by atoms with Crippen LogP contribution in [-0.2, 0) is 4.74 Å². The summed E-state index contributed by atoms with van der Waals surface area (Å²) in [5, 5.41) is 0. The van der Waals surface area contributed by atoms with Crippen LogP contribution in [0.5, 0.6) is 0 Å². The van der Waals surface area contributed by atoms with Crippen LogP contribution in [0.15, 0.2) is 0 Å². The molecule has 0 aromatic rings. The molecule has 0 aliphatic carbocycles. The van der Waals surface area contributed by atoms with Crippen molar-refractivity contribution >= 4 is 0 Å². The van der Waals surface area contributed by atoms with Crippen LogP contribution in [0, 0.1) is 11.3 Å². The second kappa shape index (κ2) is 6.41. The number of methoxy groups -OCH3 is 1. The van der Waals surface area contributed by atoms with Crippen molar-refractivity contribution in [1.82, 2.24) is 4.90 Å². The Labute approximate surface area is 89.6 Å². The van der Waals surface area contributed by atoms with Crippen LogP contribution < -0.4 is 0 Å². The van der Waals surface area contributed by atoms with Gasteiger partial charge in [-0.15, -0.1) is 0 Å². The quantitative estimate of drug-likeness (QED) is 0.628. The number of hydrogen-bond acceptors (Lipinski definition) is 2. The predicted octanol–water partition coefficient (Wildman–Crippen LogP) is 2.64. The Hall–Kier alpha value is -0.0800. The SMILES string of the molecule is CCN(CC)CC(C)(COC)C(C)C. The summed E-state index contributed by atoms with van der Waals surface area (Å²) in [5.41, 5.74) is 0.279. The lowest BCUT2D eigenvalue weighted by molar-refractivity contribution is 0.0275. The van der Waals surface area contributed by atoms with Crippen LogP contribution in [0.3, 0.4) is 0 Å². The Balaban J connectivity index is 4.34. The van der Waals surface area contributed by atoms with Gasteiger partial charge in [-0.2, -0.15) is 0 Å². The molecule has 0 aliphatic rings. The number of rotatable bonds is 7. The summed E-state index contributed by atoms with van der Waals surface area (Å²) in [7, 11) is 1.79. The average Bonchev–Trinajstić information content (AvgIpc) is 2.14. The van der Waals surface area contributed by atoms with Gasteiger partial charge in [-0.05, 0) is 19.0 Å². The van der Waals surface area contributed by atoms with E-state index in [4.69, 9.17) is 4.74 Å². The molecule has 0 aromatic heterocycles. The molecule has 1 unspecified atom stereocenters. The van der Waals surface area contributed by atoms with E-state index >= 15 is 0 Å². The van der Waals surface area contributed by atoms with Crippen molar-refractivity contribution in [1.29, 1.82) is 0 Å². The van der Waals surface area contributed by atoms with Gasteiger partial charge in [0.15, 0.2) is 0 Å². The van der Waals surface area contributed by atoms with Crippen molar-refractivity contribution < 1.29 is 4.74 Å². The Bertz CT molecular complexity index is 143. The summed E-state index contributed by atoms with van der Waals surface area (Å²) in [5.74, 6) is 0.656. The Morgan fingerprint density at radius 2 is 1.71 bits per heavy atom. The van der Waals surface area contributed by atoms with Gasteiger partial charge in [-0.1, -0.05) is 34.6 Å². The van der Waals surface area contributed by atoms with Gasteiger partial charge in [0.25, 0.3) is 0 Å². The normalized spacial score (nSPS) is 16.3. The zero-order chi connectivity index (χ0) is 11.2. The molecule has 0 rings (SSSR count). The topological polar surface area (TPSA) is 12.5 Å². The third-order valence-electron chi connectivity index (χ3n) is 3.35. The van der Waals surface area contributed by atoms with E-state index in [1.165, 1.54) is 0 Å². The van der Waals surface area contributed by atoms with Crippen molar-refractivity contribution in [3.8, 4) is 0 Å². The van der Waals surface area contributed by atoms with Gasteiger partial charge in [-0.3, -0.25) is 0 Å². The first-order valence-electron chi connectivity index (χ1n) is 5.71. The molecule has 2 heteroatoms. The van der Waals surface area contributed by atoms with E-state index in [-0.39, 0.29) is 5.41 Å². The summed E-state index contributed by atoms with van der Waals surface area (Å²) in [4.78, 5) is 2.47. The number of ether oxygens (including phenoxy) is 1. The molecule has 0 saturated heterocycles. The lowest BCUT2D eigenvalue weighted by Gasteiger charge is -2.37. The summed E-state index contributed by atoms with van der Waals surface area (Å²) < 4.78 is 5.33. The van der Waals surface area contributed by atoms with E-state index in [0.29, 0.717) is 5.92 Å². The fraction of sp³-hybridized carbons (Fsp3) is 1.00. The first-order valence-corrected chi connectivity index (χ1v) is 5.71. The highest BCUT2D eigenvalue weighted by molar-refractivity contribution is 4.80. The Kier molecular flexibility index (Phi) is 6.38. The predicted molar refractivity (Wildman–Crippen MR) is 62.6 cm³/mol. The van der Waals surface area contributed by atoms with Crippen LogP contribution >= 0.6 is 0 Å². The fourth-order valence-corrected chi connectivity index (χ4v) is 1.68. The van der Waals surface area contributed by atoms with E-state index in [1.54, 1.807) is 7.11 Å². The average molecular weight is 201 g/mol. The summed E-state index contributed by atoms with van der Waals surface area (Å²) >= 11 is 0. The highest BCUT2D eigenvalue weighted by atomic mass is 16.5. The van der Waals surface area contributed by atoms with Gasteiger partial charge < -0.3 is 9.64 Å². The van der Waals surface area contributed by atoms with E-state index in [9.17, 15) is 0 Å². The molecule has 0 aliphatic heterocycles. The molecule has 0 fully saturated rings. The maximum atomic E-state index is 5.33. The summed E-state index contributed by atoms with van der Waals surface area (Å²) in [6, 6.07) is 0. The van der Waals surface area contributed by atoms with Gasteiger partial charge in [-0.25, -0.2) is 0 Å². The first-order chi connectivity index (χ1) is 6.50. The highest BCUT2D eigenvalue weighted by Crippen LogP contribution is 2.28. The standard InChI is InChI=1S/C12H27NO/c1-7-13(8-2)9-12(5,10-14-6)11(3)4/h11H,7-10H2,1-6H3. The molecule has 2 nitrogen and oxygen atoms in total. The monoisotopic (exact) mass is 201 g/mol. The van der Waals surface area contributed by atoms with Crippen molar-refractivity contribution in [2.45, 2.75) is 34.6 Å². The van der Waals surface area contributed by atoms with Gasteiger partial charge >= 0.3 is 0 Å². The molecule has 0 spiro atoms. The molecule has 0 heterocycles. The van der Waals surface area contributed by atoms with Crippen molar-refractivity contribution in [2.24, 2.45) is 11.3 Å². The molecular weight excluding hydrogens is 174 g/mol. The second-order valence-corrected chi connectivity index (χ2v) is 4.70. The minimum absolute atomic E-state index is 0.279. The van der Waals surface area contributed by atoms with E-state index < -0.39 is 0 Å². The van der Waals surface area contributed by atoms with Crippen LogP contribution in [0.4, 0.5) is 0 Å². The van der Waals surface area contributed by atoms with Crippen molar-refractivity contribution in [3.63, 3.8) is 0 Å². The lowest BCUT2D eigenvalue weighted by atomic mass is 9.79. The van der Waals surface area contributed by atoms with Crippen LogP contribution in [0.1, 0.15) is 34.6 Å². The maximum absolute atomic E-state index is 5.33. The zero-order valence-electron chi connectivity index (χ0n) is 10.8. The molecule has 0 amide bonds. The molecule has 0 radical (unpaired) electrons. The first kappa shape index (κ1) is 13.9. The lowest BCUT2D eigenvalue weighted by Crippen LogP contribution is -2.42. The minimum atomic E-state index is 0.279. The molecule has 0 N–H and O–H groups in total. The second-order valence-electron chi connectivity index (χ2n) is 4.70. The molecule has 0 bridgehead atoms. The van der Waals surface area contributed by atoms with Crippen molar-refractivity contribution in [2.75, 3.05) is 33.4 Å². The molecule has 86 valence electrons. The highest BCUT2D eigenvalue weighted by Gasteiger charge is 2.29. The van der Waals surface area contributed by atoms with Crippen LogP contribution in [-0.4, -0.2) is 38.3 Å². The summed E-state index contributed by atoms with van der Waals surface area (Å²) in [6.07, 6.45) is 0. The van der Waals surface area contributed by atoms with Crippen LogP contribution in [0.2, 0.25) is 0 Å². The Morgan fingerprint density at radius 3 is 2.00 bits per heavy atom. The van der Waals surface area contributed by atoms with E-state index in [0.717, 1.165) is 26.2 Å². The van der Waals surface area contributed by atoms with Crippen LogP contribution in [0.25, 0.3) is 0 Å². The van der Waals surface area contributed by atoms with E-state index in [1.807, 2.05) is 0 Å². The maximum Gasteiger partial charge on any atom is 0.0530 e. The smallest absolute Gasteiger partial charge is 0.0530 e. The molecular formula is C12H27NO. The number of hydrogen-bond donors (Lipinski definition) is 0. The third kappa shape index (κ3) is 3.97. The Morgan fingerprint density at radius 1 is 1.21 bits per heavy atom. The van der Waals surface area contributed by atoms with Gasteiger partial charge in [0, 0.05) is 19.1 Å². The molecule has 0 saturated carbocycles. The van der Waals surface area contributed by atoms with Gasteiger partial charge in [0.2, 0.25) is 0 Å². The molecule has 0 aromatic carbocycles. The molecule has 14 heavy (non-hydrogen) atoms. The van der Waals surface area contributed by atoms with Gasteiger partial charge in [0.05, 0.1) is 6.61 Å². The molecule has 1 atom stereocenters. The van der Waals surface area contributed by atoms with E-state index in [2.05, 4.69) is 39.5 Å². The fourth-order valence-electron chi connectivity index (χ4n) is 1.68. The summed E-state index contributed by atoms with van der Waals surface area (Å²) in [6.45, 7) is 15.6. The zero-order valence-corrected chi connectivity index (χ0v) is 10.8. The van der Waals surface area contributed by atoms with Gasteiger partial charge in [0.1, 0.15) is 0 Å². The largest absolute Gasteiger partial charge is 0.384 e. The third-order valence-corrected chi connectivity index (χ3v) is 3.35. The number of nitrogens with zero attached hydrogens (tertiary/aromatic N) is 1.